The third-order valence-corrected chi connectivity index (χ3v) is 3.03. The zero-order valence-electron chi connectivity index (χ0n) is 10.2. The molecule has 1 heterocycles. The van der Waals surface area contributed by atoms with E-state index in [9.17, 15) is 4.79 Å². The second-order valence-corrected chi connectivity index (χ2v) is 4.38. The lowest BCUT2D eigenvalue weighted by molar-refractivity contribution is -0.136. The Kier molecular flexibility index (Phi) is 3.62. The predicted octanol–water partition coefficient (Wildman–Crippen LogP) is 1.65. The zero-order valence-corrected chi connectivity index (χ0v) is 11.0. The van der Waals surface area contributed by atoms with Crippen molar-refractivity contribution in [3.8, 4) is 0 Å². The highest BCUT2D eigenvalue weighted by atomic mass is 32.1. The van der Waals surface area contributed by atoms with Gasteiger partial charge < -0.3 is 15.4 Å². The number of esters is 1. The summed E-state index contributed by atoms with van der Waals surface area (Å²) in [4.78, 5) is 11.9. The minimum atomic E-state index is -0.358. The Bertz CT molecular complexity index is 511. The number of ether oxygens (including phenoxy) is 1. The molecule has 0 radical (unpaired) electrons. The highest BCUT2D eigenvalue weighted by Crippen LogP contribution is 2.27. The molecule has 0 unspecified atom stereocenters. The van der Waals surface area contributed by atoms with Crippen LogP contribution in [0.15, 0.2) is 41.6 Å². The average molecular weight is 262 g/mol. The van der Waals surface area contributed by atoms with E-state index >= 15 is 0 Å². The van der Waals surface area contributed by atoms with Gasteiger partial charge in [-0.25, -0.2) is 4.79 Å². The molecule has 1 aromatic rings. The fourth-order valence-corrected chi connectivity index (χ4v) is 2.24. The smallest absolute Gasteiger partial charge is 0.337 e. The van der Waals surface area contributed by atoms with Crippen LogP contribution in [0.2, 0.25) is 0 Å². The van der Waals surface area contributed by atoms with Crippen LogP contribution >= 0.6 is 12.2 Å². The maximum atomic E-state index is 11.9. The Morgan fingerprint density at radius 1 is 1.33 bits per heavy atom. The minimum Gasteiger partial charge on any atom is -0.466 e. The van der Waals surface area contributed by atoms with Crippen molar-refractivity contribution >= 4 is 23.3 Å². The highest BCUT2D eigenvalue weighted by molar-refractivity contribution is 7.80. The maximum Gasteiger partial charge on any atom is 0.337 e. The Hall–Kier alpha value is -1.88. The summed E-state index contributed by atoms with van der Waals surface area (Å²) in [5.41, 5.74) is 2.25. The Labute approximate surface area is 111 Å². The number of allylic oxidation sites excluding steroid dienone is 1. The lowest BCUT2D eigenvalue weighted by Gasteiger charge is -2.29. The van der Waals surface area contributed by atoms with Crippen LogP contribution in [0.5, 0.6) is 0 Å². The van der Waals surface area contributed by atoms with Crippen LogP contribution in [-0.2, 0) is 9.53 Å². The molecule has 5 heteroatoms. The summed E-state index contributed by atoms with van der Waals surface area (Å²) in [6.45, 7) is 1.81. The molecule has 0 bridgehead atoms. The number of hydrogen-bond donors (Lipinski definition) is 2. The molecule has 0 aromatic heterocycles. The number of nitrogens with one attached hydrogen (secondary N) is 2. The molecule has 1 aliphatic rings. The van der Waals surface area contributed by atoms with E-state index in [0.717, 1.165) is 11.3 Å². The molecule has 0 saturated carbocycles. The van der Waals surface area contributed by atoms with Crippen LogP contribution in [0.25, 0.3) is 0 Å². The lowest BCUT2D eigenvalue weighted by Crippen LogP contribution is -2.45. The maximum absolute atomic E-state index is 11.9. The van der Waals surface area contributed by atoms with Gasteiger partial charge in [0, 0.05) is 5.70 Å². The summed E-state index contributed by atoms with van der Waals surface area (Å²) < 4.78 is 4.83. The van der Waals surface area contributed by atoms with Crippen molar-refractivity contribution in [2.24, 2.45) is 0 Å². The SMILES string of the molecule is COC(=O)C1=C(C)NC(=S)N[C@H]1c1ccccc1. The molecule has 2 N–H and O–H groups in total. The van der Waals surface area contributed by atoms with Crippen molar-refractivity contribution in [2.75, 3.05) is 7.11 Å². The molecule has 0 spiro atoms. The summed E-state index contributed by atoms with van der Waals surface area (Å²) in [5.74, 6) is -0.358. The molecular weight excluding hydrogens is 248 g/mol. The van der Waals surface area contributed by atoms with Gasteiger partial charge in [-0.15, -0.1) is 0 Å². The highest BCUT2D eigenvalue weighted by Gasteiger charge is 2.30. The van der Waals surface area contributed by atoms with E-state index in [1.165, 1.54) is 7.11 Å². The lowest BCUT2D eigenvalue weighted by atomic mass is 9.96. The summed E-state index contributed by atoms with van der Waals surface area (Å²) in [7, 11) is 1.37. The van der Waals surface area contributed by atoms with Crippen LogP contribution in [0.3, 0.4) is 0 Å². The van der Waals surface area contributed by atoms with E-state index < -0.39 is 0 Å². The Morgan fingerprint density at radius 2 is 2.00 bits per heavy atom. The van der Waals surface area contributed by atoms with E-state index in [0.29, 0.717) is 10.7 Å². The van der Waals surface area contributed by atoms with Crippen molar-refractivity contribution < 1.29 is 9.53 Å². The largest absolute Gasteiger partial charge is 0.466 e. The summed E-state index contributed by atoms with van der Waals surface area (Å²) in [6, 6.07) is 9.40. The van der Waals surface area contributed by atoms with E-state index in [-0.39, 0.29) is 12.0 Å². The number of carbonyl (C=O) groups is 1. The van der Waals surface area contributed by atoms with Crippen LogP contribution in [0.4, 0.5) is 0 Å². The average Bonchev–Trinajstić information content (AvgIpc) is 2.38. The summed E-state index contributed by atoms with van der Waals surface area (Å²) in [5, 5.41) is 6.54. The fourth-order valence-electron chi connectivity index (χ4n) is 1.97. The van der Waals surface area contributed by atoms with Crippen molar-refractivity contribution in [1.82, 2.24) is 10.6 Å². The zero-order chi connectivity index (χ0) is 13.1. The topological polar surface area (TPSA) is 50.4 Å². The van der Waals surface area contributed by atoms with Gasteiger partial charge in [0.15, 0.2) is 5.11 Å². The third kappa shape index (κ3) is 2.36. The van der Waals surface area contributed by atoms with Gasteiger partial charge in [-0.05, 0) is 24.7 Å². The Morgan fingerprint density at radius 3 is 2.61 bits per heavy atom. The molecule has 1 aliphatic heterocycles. The van der Waals surface area contributed by atoms with Crippen LogP contribution in [0, 0.1) is 0 Å². The van der Waals surface area contributed by atoms with Gasteiger partial charge in [-0.2, -0.15) is 0 Å². The fraction of sp³-hybridized carbons (Fsp3) is 0.231. The van der Waals surface area contributed by atoms with Crippen LogP contribution < -0.4 is 10.6 Å². The van der Waals surface area contributed by atoms with Crippen molar-refractivity contribution in [1.29, 1.82) is 0 Å². The third-order valence-electron chi connectivity index (χ3n) is 2.81. The first-order valence-corrected chi connectivity index (χ1v) is 5.96. The van der Waals surface area contributed by atoms with Crippen molar-refractivity contribution in [3.63, 3.8) is 0 Å². The number of benzene rings is 1. The monoisotopic (exact) mass is 262 g/mol. The van der Waals surface area contributed by atoms with Crippen LogP contribution in [0.1, 0.15) is 18.5 Å². The first kappa shape index (κ1) is 12.6. The molecule has 1 aromatic carbocycles. The van der Waals surface area contributed by atoms with E-state index in [1.54, 1.807) is 0 Å². The van der Waals surface area contributed by atoms with Gasteiger partial charge in [0.05, 0.1) is 18.7 Å². The first-order chi connectivity index (χ1) is 8.63. The molecule has 0 amide bonds. The van der Waals surface area contributed by atoms with Gasteiger partial charge >= 0.3 is 5.97 Å². The van der Waals surface area contributed by atoms with E-state index in [1.807, 2.05) is 37.3 Å². The number of hydrogen-bond acceptors (Lipinski definition) is 3. The normalized spacial score (nSPS) is 19.0. The van der Waals surface area contributed by atoms with Crippen LogP contribution in [-0.4, -0.2) is 18.2 Å². The minimum absolute atomic E-state index is 0.271. The van der Waals surface area contributed by atoms with E-state index in [4.69, 9.17) is 17.0 Å². The second-order valence-electron chi connectivity index (χ2n) is 3.97. The standard InChI is InChI=1S/C13H14N2O2S/c1-8-10(12(16)17-2)11(15-13(18)14-8)9-6-4-3-5-7-9/h3-7,11H,1-2H3,(H2,14,15,18)/t11-/m0/s1. The molecule has 2 rings (SSSR count). The molecule has 94 valence electrons. The van der Waals surface area contributed by atoms with Gasteiger partial charge in [-0.3, -0.25) is 0 Å². The second kappa shape index (κ2) is 5.18. The van der Waals surface area contributed by atoms with E-state index in [2.05, 4.69) is 10.6 Å². The number of rotatable bonds is 2. The molecule has 4 nitrogen and oxygen atoms in total. The number of thiocarbonyl (C=S) groups is 1. The number of carbonyl (C=O) groups excluding carboxylic acids is 1. The predicted molar refractivity (Wildman–Crippen MR) is 72.8 cm³/mol. The molecule has 18 heavy (non-hydrogen) atoms. The number of methoxy groups -OCH3 is 1. The van der Waals surface area contributed by atoms with Gasteiger partial charge in [0.2, 0.25) is 0 Å². The first-order valence-electron chi connectivity index (χ1n) is 5.55. The van der Waals surface area contributed by atoms with Gasteiger partial charge in [0.25, 0.3) is 0 Å². The van der Waals surface area contributed by atoms with Crippen molar-refractivity contribution in [3.05, 3.63) is 47.2 Å². The molecule has 0 fully saturated rings. The van der Waals surface area contributed by atoms with Gasteiger partial charge in [0.1, 0.15) is 0 Å². The Balaban J connectivity index is 2.46. The molecule has 0 aliphatic carbocycles. The summed E-state index contributed by atoms with van der Waals surface area (Å²) >= 11 is 5.13. The molecular formula is C13H14N2O2S. The summed E-state index contributed by atoms with van der Waals surface area (Å²) in [6.07, 6.45) is 0. The molecule has 1 atom stereocenters. The van der Waals surface area contributed by atoms with Gasteiger partial charge in [-0.1, -0.05) is 30.3 Å². The quantitative estimate of drug-likeness (QED) is 0.627. The van der Waals surface area contributed by atoms with Crippen molar-refractivity contribution in [2.45, 2.75) is 13.0 Å². The molecule has 0 saturated heterocycles.